The SMILES string of the molecule is Cc1cc(-c2ccc(F)cc2)nc2c(C(=O)N[C@@H](C)C3CC3)ncn12. The smallest absolute Gasteiger partial charge is 0.274 e. The minimum Gasteiger partial charge on any atom is -0.348 e. The molecule has 6 heteroatoms. The van der Waals surface area contributed by atoms with Crippen molar-refractivity contribution in [1.82, 2.24) is 19.7 Å². The van der Waals surface area contributed by atoms with Gasteiger partial charge in [-0.2, -0.15) is 0 Å². The maximum absolute atomic E-state index is 13.2. The number of amides is 1. The Labute approximate surface area is 144 Å². The second-order valence-electron chi connectivity index (χ2n) is 6.68. The van der Waals surface area contributed by atoms with E-state index in [1.54, 1.807) is 22.9 Å². The van der Waals surface area contributed by atoms with Crippen molar-refractivity contribution < 1.29 is 9.18 Å². The van der Waals surface area contributed by atoms with E-state index in [9.17, 15) is 9.18 Å². The lowest BCUT2D eigenvalue weighted by Gasteiger charge is -2.12. The fourth-order valence-corrected chi connectivity index (χ4v) is 3.04. The summed E-state index contributed by atoms with van der Waals surface area (Å²) in [5, 5.41) is 3.02. The topological polar surface area (TPSA) is 59.3 Å². The van der Waals surface area contributed by atoms with Crippen LogP contribution in [0.2, 0.25) is 0 Å². The van der Waals surface area contributed by atoms with Crippen LogP contribution < -0.4 is 5.32 Å². The van der Waals surface area contributed by atoms with Gasteiger partial charge in [-0.25, -0.2) is 14.4 Å². The first kappa shape index (κ1) is 15.7. The van der Waals surface area contributed by atoms with Crippen molar-refractivity contribution >= 4 is 11.6 Å². The van der Waals surface area contributed by atoms with Crippen LogP contribution in [-0.4, -0.2) is 26.3 Å². The van der Waals surface area contributed by atoms with Crippen molar-refractivity contribution in [1.29, 1.82) is 0 Å². The monoisotopic (exact) mass is 338 g/mol. The maximum Gasteiger partial charge on any atom is 0.274 e. The van der Waals surface area contributed by atoms with Crippen LogP contribution in [0.15, 0.2) is 36.7 Å². The molecule has 2 aromatic heterocycles. The zero-order valence-corrected chi connectivity index (χ0v) is 14.2. The van der Waals surface area contributed by atoms with Crippen LogP contribution in [-0.2, 0) is 0 Å². The van der Waals surface area contributed by atoms with Crippen molar-refractivity contribution in [3.05, 3.63) is 53.9 Å². The Bertz CT molecular complexity index is 944. The molecule has 0 radical (unpaired) electrons. The lowest BCUT2D eigenvalue weighted by molar-refractivity contribution is 0.0933. The summed E-state index contributed by atoms with van der Waals surface area (Å²) in [5.41, 5.74) is 3.23. The number of hydrogen-bond acceptors (Lipinski definition) is 3. The summed E-state index contributed by atoms with van der Waals surface area (Å²) in [6, 6.07) is 8.20. The van der Waals surface area contributed by atoms with E-state index in [0.717, 1.165) is 24.1 Å². The lowest BCUT2D eigenvalue weighted by atomic mass is 10.1. The number of aromatic nitrogens is 3. The van der Waals surface area contributed by atoms with E-state index >= 15 is 0 Å². The molecule has 0 saturated heterocycles. The number of rotatable bonds is 4. The largest absolute Gasteiger partial charge is 0.348 e. The molecule has 1 aromatic carbocycles. The van der Waals surface area contributed by atoms with Gasteiger partial charge in [0, 0.05) is 17.3 Å². The van der Waals surface area contributed by atoms with E-state index in [4.69, 9.17) is 0 Å². The summed E-state index contributed by atoms with van der Waals surface area (Å²) in [6.45, 7) is 3.95. The highest BCUT2D eigenvalue weighted by Gasteiger charge is 2.30. The predicted molar refractivity (Wildman–Crippen MR) is 92.8 cm³/mol. The van der Waals surface area contributed by atoms with E-state index in [1.807, 2.05) is 19.9 Å². The van der Waals surface area contributed by atoms with E-state index in [2.05, 4.69) is 15.3 Å². The van der Waals surface area contributed by atoms with Gasteiger partial charge in [0.2, 0.25) is 0 Å². The molecule has 0 spiro atoms. The van der Waals surface area contributed by atoms with Gasteiger partial charge in [-0.1, -0.05) is 0 Å². The average Bonchev–Trinajstić information content (AvgIpc) is 3.35. The van der Waals surface area contributed by atoms with Crippen LogP contribution in [0, 0.1) is 18.7 Å². The molecule has 1 amide bonds. The van der Waals surface area contributed by atoms with E-state index in [-0.39, 0.29) is 17.8 Å². The summed E-state index contributed by atoms with van der Waals surface area (Å²) < 4.78 is 15.0. The van der Waals surface area contributed by atoms with Crippen molar-refractivity contribution in [3.8, 4) is 11.3 Å². The predicted octanol–water partition coefficient (Wildman–Crippen LogP) is 3.37. The normalized spacial score (nSPS) is 15.3. The van der Waals surface area contributed by atoms with Gasteiger partial charge in [-0.3, -0.25) is 9.20 Å². The molecule has 1 fully saturated rings. The Morgan fingerprint density at radius 3 is 2.72 bits per heavy atom. The fourth-order valence-electron chi connectivity index (χ4n) is 3.04. The summed E-state index contributed by atoms with van der Waals surface area (Å²) in [7, 11) is 0. The third kappa shape index (κ3) is 2.99. The van der Waals surface area contributed by atoms with Crippen molar-refractivity contribution in [3.63, 3.8) is 0 Å². The third-order valence-electron chi connectivity index (χ3n) is 4.74. The van der Waals surface area contributed by atoms with Crippen LogP contribution in [0.4, 0.5) is 4.39 Å². The molecule has 0 bridgehead atoms. The zero-order valence-electron chi connectivity index (χ0n) is 14.2. The van der Waals surface area contributed by atoms with Crippen LogP contribution in [0.3, 0.4) is 0 Å². The first-order valence-electron chi connectivity index (χ1n) is 8.44. The minimum atomic E-state index is -0.292. The van der Waals surface area contributed by atoms with Gasteiger partial charge < -0.3 is 5.32 Å². The molecule has 1 N–H and O–H groups in total. The van der Waals surface area contributed by atoms with Gasteiger partial charge in [0.15, 0.2) is 11.3 Å². The van der Waals surface area contributed by atoms with Gasteiger partial charge in [0.25, 0.3) is 5.91 Å². The van der Waals surface area contributed by atoms with Crippen LogP contribution in [0.1, 0.15) is 35.9 Å². The standard InChI is InChI=1S/C19H19FN4O/c1-11-9-16(14-5-7-15(20)8-6-14)23-18-17(21-10-24(11)18)19(25)22-12(2)13-3-4-13/h5-10,12-13H,3-4H2,1-2H3,(H,22,25)/t12-/m0/s1. The molecule has 1 aliphatic rings. The molecule has 4 rings (SSSR count). The number of carbonyl (C=O) groups excluding carboxylic acids is 1. The first-order chi connectivity index (χ1) is 12.0. The second kappa shape index (κ2) is 5.95. The van der Waals surface area contributed by atoms with Crippen LogP contribution >= 0.6 is 0 Å². The molecule has 128 valence electrons. The van der Waals surface area contributed by atoms with Crippen LogP contribution in [0.25, 0.3) is 16.9 Å². The highest BCUT2D eigenvalue weighted by molar-refractivity contribution is 5.98. The quantitative estimate of drug-likeness (QED) is 0.793. The Hall–Kier alpha value is -2.76. The number of carbonyl (C=O) groups is 1. The molecular formula is C19H19FN4O. The second-order valence-corrected chi connectivity index (χ2v) is 6.68. The fraction of sp³-hybridized carbons (Fsp3) is 0.316. The maximum atomic E-state index is 13.2. The summed E-state index contributed by atoms with van der Waals surface area (Å²) in [6.07, 6.45) is 3.94. The molecular weight excluding hydrogens is 319 g/mol. The number of benzene rings is 1. The Kier molecular flexibility index (Phi) is 3.75. The Morgan fingerprint density at radius 2 is 2.04 bits per heavy atom. The Morgan fingerprint density at radius 1 is 1.32 bits per heavy atom. The van der Waals surface area contributed by atoms with Crippen molar-refractivity contribution in [2.24, 2.45) is 5.92 Å². The van der Waals surface area contributed by atoms with E-state index in [0.29, 0.717) is 23.0 Å². The number of imidazole rings is 1. The van der Waals surface area contributed by atoms with Crippen molar-refractivity contribution in [2.45, 2.75) is 32.7 Å². The number of fused-ring (bicyclic) bond motifs is 1. The molecule has 0 aliphatic heterocycles. The number of hydrogen-bond donors (Lipinski definition) is 1. The van der Waals surface area contributed by atoms with Gasteiger partial charge in [-0.05, 0) is 62.9 Å². The average molecular weight is 338 g/mol. The molecule has 5 nitrogen and oxygen atoms in total. The van der Waals surface area contributed by atoms with Gasteiger partial charge in [0.05, 0.1) is 5.69 Å². The molecule has 1 aliphatic carbocycles. The highest BCUT2D eigenvalue weighted by Crippen LogP contribution is 2.32. The van der Waals surface area contributed by atoms with Gasteiger partial charge >= 0.3 is 0 Å². The minimum absolute atomic E-state index is 0.144. The molecule has 1 saturated carbocycles. The van der Waals surface area contributed by atoms with Crippen LogP contribution in [0.5, 0.6) is 0 Å². The van der Waals surface area contributed by atoms with E-state index < -0.39 is 0 Å². The molecule has 25 heavy (non-hydrogen) atoms. The lowest BCUT2D eigenvalue weighted by Crippen LogP contribution is -2.34. The van der Waals surface area contributed by atoms with E-state index in [1.165, 1.54) is 12.1 Å². The Balaban J connectivity index is 1.73. The summed E-state index contributed by atoms with van der Waals surface area (Å²) in [4.78, 5) is 21.5. The first-order valence-corrected chi connectivity index (χ1v) is 8.44. The highest BCUT2D eigenvalue weighted by atomic mass is 19.1. The third-order valence-corrected chi connectivity index (χ3v) is 4.74. The van der Waals surface area contributed by atoms with Gasteiger partial charge in [-0.15, -0.1) is 0 Å². The molecule has 2 heterocycles. The van der Waals surface area contributed by atoms with Crippen molar-refractivity contribution in [2.75, 3.05) is 0 Å². The molecule has 0 unspecified atom stereocenters. The molecule has 3 aromatic rings. The number of nitrogens with one attached hydrogen (secondary N) is 1. The molecule has 1 atom stereocenters. The summed E-state index contributed by atoms with van der Waals surface area (Å²) in [5.74, 6) is 0.0763. The number of nitrogens with zero attached hydrogens (tertiary/aromatic N) is 3. The number of halogens is 1. The zero-order chi connectivity index (χ0) is 17.6. The van der Waals surface area contributed by atoms with Gasteiger partial charge in [0.1, 0.15) is 12.1 Å². The number of aryl methyl sites for hydroxylation is 1. The summed E-state index contributed by atoms with van der Waals surface area (Å²) >= 11 is 0.